The Hall–Kier alpha value is -4.09. The van der Waals surface area contributed by atoms with E-state index in [1.54, 1.807) is 11.4 Å². The maximum absolute atomic E-state index is 6.42. The molecule has 0 spiro atoms. The summed E-state index contributed by atoms with van der Waals surface area (Å²) >= 11 is 0. The van der Waals surface area contributed by atoms with Gasteiger partial charge in [-0.2, -0.15) is 4.57 Å². The second kappa shape index (κ2) is 10.8. The molecule has 0 radical (unpaired) electrons. The Morgan fingerprint density at radius 1 is 1.04 bits per heavy atom. The number of hydrogen-bond acceptors (Lipinski definition) is 3. The fraction of sp³-hybridized carbons (Fsp3) is 0.325. The standard InChI is InChI=1S/C40H44N3OSi/c1-9-33-36-26(17-19-31-32-15-12-20-41-39(32)44-38(31)36)16-18-30-28-13-10-11-14-29(28)34-21-27(22-40(3,4)5)35(45(6,7)8)24-43(34)37(30)25(2)23-42-33/h9-15,17,19-21,24,30,37H,1-2,16,18,22-23H2,3-8H3/q+1/b42-33-. The van der Waals surface area contributed by atoms with Gasteiger partial charge in [0.2, 0.25) is 11.4 Å². The largest absolute Gasteiger partial charge is 0.437 e. The lowest BCUT2D eigenvalue weighted by Crippen LogP contribution is -2.54. The van der Waals surface area contributed by atoms with Gasteiger partial charge in [0.15, 0.2) is 12.2 Å². The highest BCUT2D eigenvalue weighted by Crippen LogP contribution is 2.45. The maximum Gasteiger partial charge on any atom is 0.227 e. The van der Waals surface area contributed by atoms with Gasteiger partial charge in [-0.1, -0.05) is 83.9 Å². The van der Waals surface area contributed by atoms with Crippen molar-refractivity contribution in [2.75, 3.05) is 6.54 Å². The van der Waals surface area contributed by atoms with Crippen molar-refractivity contribution in [1.82, 2.24) is 4.98 Å². The molecule has 7 rings (SSSR count). The molecule has 0 saturated carbocycles. The highest BCUT2D eigenvalue weighted by atomic mass is 28.3. The van der Waals surface area contributed by atoms with Gasteiger partial charge < -0.3 is 4.42 Å². The second-order valence-corrected chi connectivity index (χ2v) is 20.2. The summed E-state index contributed by atoms with van der Waals surface area (Å²) in [5.74, 6) is 0.274. The van der Waals surface area contributed by atoms with Crippen molar-refractivity contribution >= 4 is 41.0 Å². The van der Waals surface area contributed by atoms with Crippen LogP contribution in [0.1, 0.15) is 61.4 Å². The Balaban J connectivity index is 1.43. The first-order valence-corrected chi connectivity index (χ1v) is 19.8. The number of aliphatic imine (C=N–C) groups is 1. The number of furan rings is 1. The van der Waals surface area contributed by atoms with Crippen LogP contribution >= 0.6 is 0 Å². The minimum atomic E-state index is -1.66. The van der Waals surface area contributed by atoms with Crippen LogP contribution in [0, 0.1) is 5.41 Å². The van der Waals surface area contributed by atoms with Gasteiger partial charge in [-0.3, -0.25) is 4.99 Å². The number of aryl methyl sites for hydroxylation is 1. The van der Waals surface area contributed by atoms with Crippen molar-refractivity contribution in [2.24, 2.45) is 10.4 Å². The number of fused-ring (bicyclic) bond motifs is 11. The predicted octanol–water partition coefficient (Wildman–Crippen LogP) is 8.89. The lowest BCUT2D eigenvalue weighted by molar-refractivity contribution is -0.708. The molecule has 5 heteroatoms. The van der Waals surface area contributed by atoms with Crippen LogP contribution < -0.4 is 9.75 Å². The van der Waals surface area contributed by atoms with Crippen LogP contribution in [0.15, 0.2) is 101 Å². The van der Waals surface area contributed by atoms with Gasteiger partial charge in [0.1, 0.15) is 5.58 Å². The molecule has 2 aromatic carbocycles. The van der Waals surface area contributed by atoms with Crippen molar-refractivity contribution in [2.45, 2.75) is 71.6 Å². The normalized spacial score (nSPS) is 19.7. The zero-order valence-electron chi connectivity index (χ0n) is 27.6. The van der Waals surface area contributed by atoms with Crippen LogP contribution in [0.3, 0.4) is 0 Å². The van der Waals surface area contributed by atoms with Crippen molar-refractivity contribution in [1.29, 1.82) is 0 Å². The van der Waals surface area contributed by atoms with E-state index >= 15 is 0 Å². The van der Waals surface area contributed by atoms with Gasteiger partial charge in [0, 0.05) is 44.9 Å². The summed E-state index contributed by atoms with van der Waals surface area (Å²) < 4.78 is 8.99. The van der Waals surface area contributed by atoms with Crippen LogP contribution in [-0.4, -0.2) is 25.3 Å². The molecule has 0 aliphatic carbocycles. The summed E-state index contributed by atoms with van der Waals surface area (Å²) in [6, 6.07) is 20.2. The first-order chi connectivity index (χ1) is 21.4. The van der Waals surface area contributed by atoms with E-state index in [9.17, 15) is 0 Å². The molecule has 3 aromatic heterocycles. The highest BCUT2D eigenvalue weighted by molar-refractivity contribution is 6.89. The lowest BCUT2D eigenvalue weighted by atomic mass is 9.76. The smallest absolute Gasteiger partial charge is 0.227 e. The molecule has 5 aromatic rings. The molecular formula is C40H44N3OSi+. The van der Waals surface area contributed by atoms with Gasteiger partial charge in [0.25, 0.3) is 0 Å². The molecule has 0 N–H and O–H groups in total. The van der Waals surface area contributed by atoms with Gasteiger partial charge in [0.05, 0.1) is 26.2 Å². The molecule has 0 fully saturated rings. The molecule has 5 heterocycles. The lowest BCUT2D eigenvalue weighted by Gasteiger charge is -2.34. The molecule has 228 valence electrons. The van der Waals surface area contributed by atoms with E-state index in [0.29, 0.717) is 12.3 Å². The quantitative estimate of drug-likeness (QED) is 0.116. The Bertz CT molecular complexity index is 2040. The van der Waals surface area contributed by atoms with E-state index in [0.717, 1.165) is 52.5 Å². The summed E-state index contributed by atoms with van der Waals surface area (Å²) in [5.41, 5.74) is 11.5. The fourth-order valence-corrected chi connectivity index (χ4v) is 9.35. The topological polar surface area (TPSA) is 42.3 Å². The molecule has 2 aliphatic rings. The average molecular weight is 611 g/mol. The van der Waals surface area contributed by atoms with Gasteiger partial charge in [-0.15, -0.1) is 0 Å². The summed E-state index contributed by atoms with van der Waals surface area (Å²) in [6.45, 7) is 24.0. The summed E-state index contributed by atoms with van der Waals surface area (Å²) in [4.78, 5) is 9.73. The molecule has 2 atom stereocenters. The number of aromatic nitrogens is 2. The maximum atomic E-state index is 6.42. The third kappa shape index (κ3) is 5.11. The van der Waals surface area contributed by atoms with Gasteiger partial charge >= 0.3 is 0 Å². The molecule has 4 nitrogen and oxygen atoms in total. The summed E-state index contributed by atoms with van der Waals surface area (Å²) in [5, 5.41) is 3.64. The van der Waals surface area contributed by atoms with Crippen LogP contribution in [0.2, 0.25) is 19.6 Å². The van der Waals surface area contributed by atoms with E-state index in [-0.39, 0.29) is 17.4 Å². The minimum Gasteiger partial charge on any atom is -0.437 e. The van der Waals surface area contributed by atoms with E-state index in [4.69, 9.17) is 16.0 Å². The van der Waals surface area contributed by atoms with Gasteiger partial charge in [-0.05, 0) is 65.6 Å². The first-order valence-electron chi connectivity index (χ1n) is 16.3. The van der Waals surface area contributed by atoms with Crippen LogP contribution in [0.4, 0.5) is 0 Å². The molecule has 0 saturated heterocycles. The van der Waals surface area contributed by atoms with Crippen LogP contribution in [-0.2, 0) is 12.8 Å². The molecule has 2 aliphatic heterocycles. The zero-order chi connectivity index (χ0) is 31.7. The Kier molecular flexibility index (Phi) is 7.08. The number of pyridine rings is 2. The van der Waals surface area contributed by atoms with Crippen molar-refractivity contribution < 1.29 is 8.98 Å². The molecular weight excluding hydrogens is 567 g/mol. The zero-order valence-corrected chi connectivity index (χ0v) is 28.6. The fourth-order valence-electron chi connectivity index (χ4n) is 7.70. The first kappa shape index (κ1) is 29.6. The number of benzene rings is 2. The van der Waals surface area contributed by atoms with E-state index in [1.165, 1.54) is 27.9 Å². The second-order valence-electron chi connectivity index (χ2n) is 15.2. The molecule has 0 bridgehead atoms. The van der Waals surface area contributed by atoms with E-state index in [1.807, 2.05) is 12.1 Å². The van der Waals surface area contributed by atoms with Crippen LogP contribution in [0.5, 0.6) is 0 Å². The Morgan fingerprint density at radius 3 is 2.60 bits per heavy atom. The van der Waals surface area contributed by atoms with Crippen molar-refractivity contribution in [3.8, 4) is 11.3 Å². The number of nitrogens with zero attached hydrogens (tertiary/aromatic N) is 3. The average Bonchev–Trinajstić information content (AvgIpc) is 3.37. The SMILES string of the molecule is C=C/C1=N/CC(=C)C2C(CCc3ccc4c(oc5ncccc54)c31)c1ccccc1-c1cc(CC(C)(C)C)c([Si](C)(C)C)c[n+]12. The Morgan fingerprint density at radius 2 is 1.84 bits per heavy atom. The molecule has 2 unspecified atom stereocenters. The minimum absolute atomic E-state index is 0.115. The van der Waals surface area contributed by atoms with Crippen molar-refractivity contribution in [3.05, 3.63) is 114 Å². The monoisotopic (exact) mass is 610 g/mol. The summed E-state index contributed by atoms with van der Waals surface area (Å²) in [7, 11) is -1.66. The highest BCUT2D eigenvalue weighted by Gasteiger charge is 2.43. The number of hydrogen-bond donors (Lipinski definition) is 0. The third-order valence-corrected chi connectivity index (χ3v) is 11.7. The van der Waals surface area contributed by atoms with E-state index < -0.39 is 8.07 Å². The number of rotatable bonds is 3. The Labute approximate surface area is 268 Å². The van der Waals surface area contributed by atoms with Gasteiger partial charge in [-0.25, -0.2) is 4.98 Å². The predicted molar refractivity (Wildman–Crippen MR) is 191 cm³/mol. The van der Waals surface area contributed by atoms with Crippen LogP contribution in [0.25, 0.3) is 33.3 Å². The van der Waals surface area contributed by atoms with E-state index in [2.05, 4.69) is 111 Å². The summed E-state index contributed by atoms with van der Waals surface area (Å²) in [6.07, 6.45) is 9.12. The third-order valence-electron chi connectivity index (χ3n) is 9.60. The number of allylic oxidation sites excluding steroid dienone is 1. The van der Waals surface area contributed by atoms with Crippen molar-refractivity contribution in [3.63, 3.8) is 0 Å². The molecule has 45 heavy (non-hydrogen) atoms. The molecule has 0 amide bonds.